The van der Waals surface area contributed by atoms with Gasteiger partial charge in [-0.15, -0.1) is 0 Å². The lowest BCUT2D eigenvalue weighted by molar-refractivity contribution is 0.664. The van der Waals surface area contributed by atoms with Crippen LogP contribution in [-0.2, 0) is 6.54 Å². The fourth-order valence-corrected chi connectivity index (χ4v) is 3.79. The number of aromatic amines is 1. The van der Waals surface area contributed by atoms with E-state index in [-0.39, 0.29) is 0 Å². The summed E-state index contributed by atoms with van der Waals surface area (Å²) in [5.41, 5.74) is 5.36. The molecule has 0 aliphatic carbocycles. The summed E-state index contributed by atoms with van der Waals surface area (Å²) in [4.78, 5) is 13.0. The summed E-state index contributed by atoms with van der Waals surface area (Å²) in [5, 5.41) is 2.51. The first-order chi connectivity index (χ1) is 12.9. The number of hydrogen-bond donors (Lipinski definition) is 1. The summed E-state index contributed by atoms with van der Waals surface area (Å²) in [6.07, 6.45) is 4.19. The Kier molecular flexibility index (Phi) is 3.49. The standard InChI is InChI=1S/C22H20N4/c1-2-3-14-26-19-11-7-4-8-15(19)16-12-13-23-20(21(16)26)22-24-17-9-5-6-10-18(17)25-22/h4-13H,2-3,14H2,1H3,(H,24,25). The first kappa shape index (κ1) is 15.1. The van der Waals surface area contributed by atoms with Gasteiger partial charge in [0, 0.05) is 29.0 Å². The molecular weight excluding hydrogens is 320 g/mol. The number of nitrogens with zero attached hydrogens (tertiary/aromatic N) is 3. The summed E-state index contributed by atoms with van der Waals surface area (Å²) >= 11 is 0. The number of unbranched alkanes of at least 4 members (excludes halogenated alkanes) is 1. The molecule has 1 N–H and O–H groups in total. The fourth-order valence-electron chi connectivity index (χ4n) is 3.79. The topological polar surface area (TPSA) is 46.5 Å². The van der Waals surface area contributed by atoms with Crippen LogP contribution in [-0.4, -0.2) is 19.5 Å². The van der Waals surface area contributed by atoms with E-state index in [2.05, 4.69) is 52.9 Å². The van der Waals surface area contributed by atoms with Crippen molar-refractivity contribution in [3.63, 3.8) is 0 Å². The number of nitrogens with one attached hydrogen (secondary N) is 1. The smallest absolute Gasteiger partial charge is 0.159 e. The summed E-state index contributed by atoms with van der Waals surface area (Å²) in [6.45, 7) is 3.21. The first-order valence-electron chi connectivity index (χ1n) is 9.18. The maximum atomic E-state index is 4.79. The minimum Gasteiger partial charge on any atom is -0.339 e. The summed E-state index contributed by atoms with van der Waals surface area (Å²) in [5.74, 6) is 0.831. The molecule has 0 atom stereocenters. The first-order valence-corrected chi connectivity index (χ1v) is 9.18. The van der Waals surface area contributed by atoms with E-state index < -0.39 is 0 Å². The van der Waals surface area contributed by atoms with Gasteiger partial charge in [0.2, 0.25) is 0 Å². The molecule has 0 saturated carbocycles. The molecule has 0 bridgehead atoms. The maximum Gasteiger partial charge on any atom is 0.159 e. The van der Waals surface area contributed by atoms with Crippen molar-refractivity contribution in [2.75, 3.05) is 0 Å². The Morgan fingerprint density at radius 2 is 1.81 bits per heavy atom. The summed E-state index contributed by atoms with van der Waals surface area (Å²) in [7, 11) is 0. The van der Waals surface area contributed by atoms with E-state index in [9.17, 15) is 0 Å². The van der Waals surface area contributed by atoms with Crippen LogP contribution in [0.4, 0.5) is 0 Å². The van der Waals surface area contributed by atoms with E-state index >= 15 is 0 Å². The molecule has 0 fully saturated rings. The second-order valence-corrected chi connectivity index (χ2v) is 6.68. The number of benzene rings is 2. The van der Waals surface area contributed by atoms with Gasteiger partial charge in [0.25, 0.3) is 0 Å². The van der Waals surface area contributed by atoms with Crippen LogP contribution in [0.25, 0.3) is 44.4 Å². The van der Waals surface area contributed by atoms with E-state index in [1.165, 1.54) is 21.8 Å². The number of pyridine rings is 1. The number of aromatic nitrogens is 4. The van der Waals surface area contributed by atoms with Crippen LogP contribution in [0.5, 0.6) is 0 Å². The molecule has 3 heterocycles. The highest BCUT2D eigenvalue weighted by atomic mass is 15.0. The lowest BCUT2D eigenvalue weighted by Crippen LogP contribution is -2.00. The number of para-hydroxylation sites is 3. The average molecular weight is 340 g/mol. The van der Waals surface area contributed by atoms with Crippen molar-refractivity contribution in [1.82, 2.24) is 19.5 Å². The zero-order valence-electron chi connectivity index (χ0n) is 14.7. The van der Waals surface area contributed by atoms with E-state index in [1.807, 2.05) is 24.4 Å². The van der Waals surface area contributed by atoms with Crippen LogP contribution >= 0.6 is 0 Å². The van der Waals surface area contributed by atoms with Gasteiger partial charge >= 0.3 is 0 Å². The Morgan fingerprint density at radius 3 is 2.69 bits per heavy atom. The third-order valence-corrected chi connectivity index (χ3v) is 5.03. The van der Waals surface area contributed by atoms with Crippen LogP contribution in [0.15, 0.2) is 60.8 Å². The number of aryl methyl sites for hydroxylation is 1. The van der Waals surface area contributed by atoms with Crippen LogP contribution in [0.1, 0.15) is 19.8 Å². The predicted octanol–water partition coefficient (Wildman–Crippen LogP) is 5.53. The van der Waals surface area contributed by atoms with Crippen molar-refractivity contribution in [2.24, 2.45) is 0 Å². The third-order valence-electron chi connectivity index (χ3n) is 5.03. The Bertz CT molecular complexity index is 1200. The molecular formula is C22H20N4. The van der Waals surface area contributed by atoms with Crippen molar-refractivity contribution < 1.29 is 0 Å². The second kappa shape index (κ2) is 5.99. The van der Waals surface area contributed by atoms with Gasteiger partial charge in [-0.25, -0.2) is 4.98 Å². The van der Waals surface area contributed by atoms with Gasteiger partial charge in [-0.3, -0.25) is 4.98 Å². The number of imidazole rings is 1. The SMILES string of the molecule is CCCCn1c2ccccc2c2ccnc(-c3nc4ccccc4[nH]3)c21. The van der Waals surface area contributed by atoms with Crippen LogP contribution in [0, 0.1) is 0 Å². The third kappa shape index (κ3) is 2.22. The maximum absolute atomic E-state index is 4.79. The Hall–Kier alpha value is -3.14. The van der Waals surface area contributed by atoms with Gasteiger partial charge in [-0.2, -0.15) is 0 Å². The highest BCUT2D eigenvalue weighted by molar-refractivity contribution is 6.11. The monoisotopic (exact) mass is 340 g/mol. The van der Waals surface area contributed by atoms with Crippen LogP contribution in [0.2, 0.25) is 0 Å². The average Bonchev–Trinajstić information content (AvgIpc) is 3.26. The molecule has 4 heteroatoms. The summed E-state index contributed by atoms with van der Waals surface area (Å²) in [6, 6.07) is 18.9. The molecule has 0 unspecified atom stereocenters. The molecule has 2 aromatic carbocycles. The lowest BCUT2D eigenvalue weighted by Gasteiger charge is -2.08. The van der Waals surface area contributed by atoms with Gasteiger partial charge < -0.3 is 9.55 Å². The molecule has 4 nitrogen and oxygen atoms in total. The van der Waals surface area contributed by atoms with Gasteiger partial charge in [0.15, 0.2) is 5.82 Å². The number of H-pyrrole nitrogens is 1. The highest BCUT2D eigenvalue weighted by Gasteiger charge is 2.17. The molecule has 0 spiro atoms. The minimum atomic E-state index is 0.831. The molecule has 5 aromatic rings. The van der Waals surface area contributed by atoms with E-state index in [1.54, 1.807) is 0 Å². The van der Waals surface area contributed by atoms with E-state index in [0.717, 1.165) is 41.9 Å². The fraction of sp³-hybridized carbons (Fsp3) is 0.182. The van der Waals surface area contributed by atoms with Gasteiger partial charge in [-0.1, -0.05) is 43.7 Å². The zero-order chi connectivity index (χ0) is 17.5. The Balaban J connectivity index is 1.85. The van der Waals surface area contributed by atoms with Crippen molar-refractivity contribution in [1.29, 1.82) is 0 Å². The number of rotatable bonds is 4. The Labute approximate surface area is 151 Å². The van der Waals surface area contributed by atoms with Crippen LogP contribution < -0.4 is 0 Å². The Morgan fingerprint density at radius 1 is 0.962 bits per heavy atom. The minimum absolute atomic E-state index is 0.831. The lowest BCUT2D eigenvalue weighted by atomic mass is 10.1. The number of hydrogen-bond acceptors (Lipinski definition) is 2. The second-order valence-electron chi connectivity index (χ2n) is 6.68. The molecule has 0 aliphatic heterocycles. The van der Waals surface area contributed by atoms with Crippen molar-refractivity contribution in [3.05, 3.63) is 60.8 Å². The van der Waals surface area contributed by atoms with E-state index in [0.29, 0.717) is 0 Å². The summed E-state index contributed by atoms with van der Waals surface area (Å²) < 4.78 is 2.41. The molecule has 5 rings (SSSR count). The quantitative estimate of drug-likeness (QED) is 0.467. The normalized spacial score (nSPS) is 11.7. The van der Waals surface area contributed by atoms with Crippen LogP contribution in [0.3, 0.4) is 0 Å². The van der Waals surface area contributed by atoms with Crippen molar-refractivity contribution in [2.45, 2.75) is 26.3 Å². The molecule has 26 heavy (non-hydrogen) atoms. The molecule has 0 saturated heterocycles. The molecule has 0 amide bonds. The molecule has 0 radical (unpaired) electrons. The van der Waals surface area contributed by atoms with Gasteiger partial charge in [-0.05, 0) is 30.7 Å². The molecule has 3 aromatic heterocycles. The van der Waals surface area contributed by atoms with Gasteiger partial charge in [0.05, 0.1) is 16.6 Å². The largest absolute Gasteiger partial charge is 0.339 e. The zero-order valence-corrected chi connectivity index (χ0v) is 14.7. The van der Waals surface area contributed by atoms with Crippen molar-refractivity contribution in [3.8, 4) is 11.5 Å². The predicted molar refractivity (Wildman–Crippen MR) is 107 cm³/mol. The van der Waals surface area contributed by atoms with Gasteiger partial charge in [0.1, 0.15) is 5.69 Å². The van der Waals surface area contributed by atoms with E-state index in [4.69, 9.17) is 9.97 Å². The van der Waals surface area contributed by atoms with Crippen molar-refractivity contribution >= 4 is 32.8 Å². The number of fused-ring (bicyclic) bond motifs is 4. The highest BCUT2D eigenvalue weighted by Crippen LogP contribution is 2.34. The molecule has 0 aliphatic rings. The molecule has 128 valence electrons.